The minimum Gasteiger partial charge on any atom is -0.342 e. The largest absolute Gasteiger partial charge is 0.342 e. The number of aryl methyl sites for hydroxylation is 2. The summed E-state index contributed by atoms with van der Waals surface area (Å²) in [5, 5.41) is 10.8. The van der Waals surface area contributed by atoms with Gasteiger partial charge in [-0.3, -0.25) is 9.48 Å². The van der Waals surface area contributed by atoms with E-state index in [1.165, 1.54) is 10.6 Å². The topological polar surface area (TPSA) is 123 Å². The molecule has 2 aromatic rings. The number of hydrogen-bond acceptors (Lipinski definition) is 7. The van der Waals surface area contributed by atoms with E-state index in [0.29, 0.717) is 43.3 Å². The Balaban J connectivity index is 1.54. The fourth-order valence-corrected chi connectivity index (χ4v) is 3.74. The molecule has 2 aromatic heterocycles. The van der Waals surface area contributed by atoms with Crippen LogP contribution < -0.4 is 5.32 Å². The van der Waals surface area contributed by atoms with Gasteiger partial charge in [-0.1, -0.05) is 5.16 Å². The summed E-state index contributed by atoms with van der Waals surface area (Å²) in [7, 11) is -1.39. The molecule has 10 nitrogen and oxygen atoms in total. The first-order chi connectivity index (χ1) is 12.2. The third kappa shape index (κ3) is 4.10. The molecular formula is C15H22N6O4S. The summed E-state index contributed by atoms with van der Waals surface area (Å²) >= 11 is 0. The molecule has 0 atom stereocenters. The van der Waals surface area contributed by atoms with Crippen LogP contribution in [0.3, 0.4) is 0 Å². The number of hydrogen-bond donors (Lipinski definition) is 1. The Hall–Kier alpha value is -2.27. The van der Waals surface area contributed by atoms with Crippen LogP contribution in [0.1, 0.15) is 46.7 Å². The molecule has 0 bridgehead atoms. The molecule has 11 heteroatoms. The quantitative estimate of drug-likeness (QED) is 0.782. The predicted molar refractivity (Wildman–Crippen MR) is 91.8 cm³/mol. The van der Waals surface area contributed by atoms with Crippen molar-refractivity contribution in [2.75, 3.05) is 19.3 Å². The van der Waals surface area contributed by atoms with Crippen LogP contribution in [0.5, 0.6) is 0 Å². The lowest BCUT2D eigenvalue weighted by atomic mass is 9.98. The number of rotatable bonds is 5. The van der Waals surface area contributed by atoms with Gasteiger partial charge in [0.2, 0.25) is 15.9 Å². The number of nitrogens with one attached hydrogen (secondary N) is 1. The van der Waals surface area contributed by atoms with Crippen molar-refractivity contribution in [3.05, 3.63) is 29.2 Å². The van der Waals surface area contributed by atoms with Gasteiger partial charge in [-0.25, -0.2) is 12.7 Å². The van der Waals surface area contributed by atoms with Gasteiger partial charge in [0.25, 0.3) is 5.91 Å². The predicted octanol–water partition coefficient (Wildman–Crippen LogP) is 0.181. The second-order valence-electron chi connectivity index (χ2n) is 6.46. The highest BCUT2D eigenvalue weighted by molar-refractivity contribution is 7.88. The van der Waals surface area contributed by atoms with Crippen LogP contribution in [-0.4, -0.2) is 57.9 Å². The molecule has 1 saturated heterocycles. The maximum atomic E-state index is 12.1. The lowest BCUT2D eigenvalue weighted by Crippen LogP contribution is -2.37. The summed E-state index contributed by atoms with van der Waals surface area (Å²) in [5.74, 6) is 0.608. The van der Waals surface area contributed by atoms with Crippen molar-refractivity contribution in [1.82, 2.24) is 29.5 Å². The fourth-order valence-electron chi connectivity index (χ4n) is 2.87. The number of nitrogens with zero attached hydrogens (tertiary/aromatic N) is 5. The van der Waals surface area contributed by atoms with Gasteiger partial charge in [-0.15, -0.1) is 0 Å². The zero-order chi connectivity index (χ0) is 18.9. The van der Waals surface area contributed by atoms with Crippen molar-refractivity contribution >= 4 is 15.9 Å². The summed E-state index contributed by atoms with van der Waals surface area (Å²) in [5.41, 5.74) is 1.22. The molecule has 0 spiro atoms. The third-order valence-electron chi connectivity index (χ3n) is 4.52. The molecule has 1 aliphatic rings. The number of carbonyl (C=O) groups excluding carboxylic acids is 1. The molecule has 142 valence electrons. The van der Waals surface area contributed by atoms with E-state index in [0.717, 1.165) is 5.69 Å². The summed E-state index contributed by atoms with van der Waals surface area (Å²) < 4.78 is 31.4. The number of amides is 1. The van der Waals surface area contributed by atoms with Gasteiger partial charge < -0.3 is 9.84 Å². The SMILES string of the molecule is Cc1cc(C(=O)NCc2nc(C3CCN(S(C)(=O)=O)CC3)no2)nn1C. The van der Waals surface area contributed by atoms with E-state index in [-0.39, 0.29) is 18.4 Å². The highest BCUT2D eigenvalue weighted by atomic mass is 32.2. The van der Waals surface area contributed by atoms with Gasteiger partial charge in [0.15, 0.2) is 5.82 Å². The fraction of sp³-hybridized carbons (Fsp3) is 0.600. The standard InChI is InChI=1S/C15H22N6O4S/c1-10-8-12(18-20(10)2)15(22)16-9-13-17-14(19-25-13)11-4-6-21(7-5-11)26(3,23)24/h8,11H,4-7,9H2,1-3H3,(H,16,22). The molecule has 1 N–H and O–H groups in total. The summed E-state index contributed by atoms with van der Waals surface area (Å²) in [6, 6.07) is 1.70. The monoisotopic (exact) mass is 382 g/mol. The highest BCUT2D eigenvalue weighted by Gasteiger charge is 2.28. The number of aromatic nitrogens is 4. The van der Waals surface area contributed by atoms with Crippen molar-refractivity contribution in [3.8, 4) is 0 Å². The van der Waals surface area contributed by atoms with Crippen molar-refractivity contribution in [3.63, 3.8) is 0 Å². The normalized spacial score (nSPS) is 16.7. The van der Waals surface area contributed by atoms with Gasteiger partial charge in [-0.2, -0.15) is 10.1 Å². The lowest BCUT2D eigenvalue weighted by Gasteiger charge is -2.28. The minimum absolute atomic E-state index is 0.0552. The lowest BCUT2D eigenvalue weighted by molar-refractivity contribution is 0.0940. The Morgan fingerprint density at radius 2 is 2.08 bits per heavy atom. The molecule has 1 aliphatic heterocycles. The second kappa shape index (κ2) is 7.16. The Morgan fingerprint density at radius 1 is 1.38 bits per heavy atom. The van der Waals surface area contributed by atoms with Gasteiger partial charge in [0.05, 0.1) is 12.8 Å². The molecule has 0 saturated carbocycles. The molecule has 0 aliphatic carbocycles. The van der Waals surface area contributed by atoms with Crippen molar-refractivity contribution < 1.29 is 17.7 Å². The first-order valence-electron chi connectivity index (χ1n) is 8.30. The Bertz CT molecular complexity index is 876. The zero-order valence-electron chi connectivity index (χ0n) is 15.0. The maximum Gasteiger partial charge on any atom is 0.272 e. The molecule has 0 unspecified atom stereocenters. The van der Waals surface area contributed by atoms with Gasteiger partial charge in [-0.05, 0) is 25.8 Å². The van der Waals surface area contributed by atoms with Crippen LogP contribution in [0.4, 0.5) is 0 Å². The average molecular weight is 382 g/mol. The Morgan fingerprint density at radius 3 is 2.65 bits per heavy atom. The Labute approximate surface area is 151 Å². The first-order valence-corrected chi connectivity index (χ1v) is 10.2. The molecule has 3 heterocycles. The number of piperidine rings is 1. The Kier molecular flexibility index (Phi) is 5.10. The molecule has 0 aromatic carbocycles. The summed E-state index contributed by atoms with van der Waals surface area (Å²) in [6.45, 7) is 2.87. The number of carbonyl (C=O) groups is 1. The van der Waals surface area contributed by atoms with Crippen LogP contribution in [0.2, 0.25) is 0 Å². The summed E-state index contributed by atoms with van der Waals surface area (Å²) in [4.78, 5) is 16.4. The smallest absolute Gasteiger partial charge is 0.272 e. The van der Waals surface area contributed by atoms with Gasteiger partial charge in [0.1, 0.15) is 5.69 Å². The van der Waals surface area contributed by atoms with Crippen molar-refractivity contribution in [1.29, 1.82) is 0 Å². The maximum absolute atomic E-state index is 12.1. The second-order valence-corrected chi connectivity index (χ2v) is 8.44. The van der Waals surface area contributed by atoms with Crippen LogP contribution in [0, 0.1) is 6.92 Å². The van der Waals surface area contributed by atoms with Crippen molar-refractivity contribution in [2.24, 2.45) is 7.05 Å². The molecule has 26 heavy (non-hydrogen) atoms. The van der Waals surface area contributed by atoms with Gasteiger partial charge >= 0.3 is 0 Å². The van der Waals surface area contributed by atoms with E-state index in [9.17, 15) is 13.2 Å². The highest BCUT2D eigenvalue weighted by Crippen LogP contribution is 2.26. The zero-order valence-corrected chi connectivity index (χ0v) is 15.8. The first kappa shape index (κ1) is 18.5. The van der Waals surface area contributed by atoms with E-state index in [1.807, 2.05) is 6.92 Å². The molecular weight excluding hydrogens is 360 g/mol. The van der Waals surface area contributed by atoms with Crippen molar-refractivity contribution in [2.45, 2.75) is 32.2 Å². The molecule has 1 amide bonds. The van der Waals surface area contributed by atoms with E-state index < -0.39 is 10.0 Å². The minimum atomic E-state index is -3.16. The molecule has 0 radical (unpaired) electrons. The van der Waals surface area contributed by atoms with Crippen LogP contribution in [0.25, 0.3) is 0 Å². The van der Waals surface area contributed by atoms with E-state index >= 15 is 0 Å². The average Bonchev–Trinajstić information content (AvgIpc) is 3.19. The van der Waals surface area contributed by atoms with Gasteiger partial charge in [0, 0.05) is 31.7 Å². The third-order valence-corrected chi connectivity index (χ3v) is 5.82. The molecule has 3 rings (SSSR count). The van der Waals surface area contributed by atoms with Crippen LogP contribution >= 0.6 is 0 Å². The number of sulfonamides is 1. The molecule has 1 fully saturated rings. The summed E-state index contributed by atoms with van der Waals surface area (Å²) in [6.07, 6.45) is 2.50. The van der Waals surface area contributed by atoms with Crippen LogP contribution in [0.15, 0.2) is 10.6 Å². The van der Waals surface area contributed by atoms with Crippen LogP contribution in [-0.2, 0) is 23.6 Å². The van der Waals surface area contributed by atoms with E-state index in [4.69, 9.17) is 4.52 Å². The van der Waals surface area contributed by atoms with E-state index in [2.05, 4.69) is 20.6 Å². The van der Waals surface area contributed by atoms with E-state index in [1.54, 1.807) is 17.8 Å².